The van der Waals surface area contributed by atoms with Crippen LogP contribution in [0.4, 0.5) is 5.82 Å². The highest BCUT2D eigenvalue weighted by Gasteiger charge is 2.15. The van der Waals surface area contributed by atoms with Gasteiger partial charge in [0.2, 0.25) is 11.5 Å². The van der Waals surface area contributed by atoms with Gasteiger partial charge in [0.25, 0.3) is 5.91 Å². The molecule has 0 fully saturated rings. The quantitative estimate of drug-likeness (QED) is 0.360. The van der Waals surface area contributed by atoms with Crippen LogP contribution < -0.4 is 25.8 Å². The average molecular weight is 503 g/mol. The molecule has 32 heavy (non-hydrogen) atoms. The van der Waals surface area contributed by atoms with E-state index >= 15 is 0 Å². The van der Waals surface area contributed by atoms with Crippen LogP contribution in [0.25, 0.3) is 0 Å². The van der Waals surface area contributed by atoms with Crippen molar-refractivity contribution in [1.29, 1.82) is 0 Å². The van der Waals surface area contributed by atoms with Gasteiger partial charge in [-0.15, -0.1) is 12.4 Å². The molecule has 0 aliphatic heterocycles. The van der Waals surface area contributed by atoms with Gasteiger partial charge in [0.05, 0.1) is 7.11 Å². The van der Waals surface area contributed by atoms with Gasteiger partial charge in [-0.25, -0.2) is 4.63 Å². The molecular weight excluding hydrogens is 481 g/mol. The van der Waals surface area contributed by atoms with E-state index in [1.807, 2.05) is 24.3 Å². The van der Waals surface area contributed by atoms with Crippen LogP contribution in [-0.4, -0.2) is 36.4 Å². The zero-order chi connectivity index (χ0) is 22.2. The highest BCUT2D eigenvalue weighted by Crippen LogP contribution is 2.32. The lowest BCUT2D eigenvalue weighted by Crippen LogP contribution is -2.32. The Hall–Kier alpha value is -2.72. The van der Waals surface area contributed by atoms with Crippen LogP contribution in [0.1, 0.15) is 21.6 Å². The summed E-state index contributed by atoms with van der Waals surface area (Å²) in [5, 5.41) is 13.8. The number of carbonyl (C=O) groups is 1. The van der Waals surface area contributed by atoms with Gasteiger partial charge >= 0.3 is 0 Å². The molecule has 9 nitrogen and oxygen atoms in total. The zero-order valence-electron chi connectivity index (χ0n) is 17.1. The van der Waals surface area contributed by atoms with E-state index < -0.39 is 5.91 Å². The zero-order valence-corrected chi connectivity index (χ0v) is 19.4. The van der Waals surface area contributed by atoms with Crippen LogP contribution >= 0.6 is 35.6 Å². The summed E-state index contributed by atoms with van der Waals surface area (Å²) in [6.45, 7) is 1.60. The number of halogens is 3. The van der Waals surface area contributed by atoms with Gasteiger partial charge < -0.3 is 25.8 Å². The molecule has 1 heterocycles. The van der Waals surface area contributed by atoms with E-state index in [-0.39, 0.29) is 30.5 Å². The Balaban J connectivity index is 0.00000363. The fraction of sp³-hybridized carbons (Fsp3) is 0.250. The first-order valence-electron chi connectivity index (χ1n) is 9.29. The molecule has 0 atom stereocenters. The molecule has 0 aliphatic carbocycles. The first-order chi connectivity index (χ1) is 15.0. The van der Waals surface area contributed by atoms with E-state index in [1.165, 1.54) is 0 Å². The number of nitrogens with one attached hydrogen (secondary N) is 2. The molecule has 3 rings (SSSR count). The van der Waals surface area contributed by atoms with Gasteiger partial charge in [0.1, 0.15) is 6.61 Å². The van der Waals surface area contributed by atoms with E-state index in [2.05, 4.69) is 25.6 Å². The van der Waals surface area contributed by atoms with Gasteiger partial charge in [-0.3, -0.25) is 4.79 Å². The summed E-state index contributed by atoms with van der Waals surface area (Å²) in [6, 6.07) is 10.9. The molecule has 1 aromatic heterocycles. The molecule has 0 spiro atoms. The first-order valence-corrected chi connectivity index (χ1v) is 10.0. The molecule has 12 heteroatoms. The molecule has 2 aromatic carbocycles. The number of anilines is 1. The van der Waals surface area contributed by atoms with Crippen molar-refractivity contribution in [3.63, 3.8) is 0 Å². The van der Waals surface area contributed by atoms with Crippen LogP contribution in [-0.2, 0) is 13.2 Å². The number of nitrogens with zero attached hydrogens (tertiary/aromatic N) is 2. The number of benzene rings is 2. The Labute approximate surface area is 200 Å². The van der Waals surface area contributed by atoms with Crippen molar-refractivity contribution >= 4 is 47.3 Å². The minimum absolute atomic E-state index is 0. The summed E-state index contributed by atoms with van der Waals surface area (Å²) < 4.78 is 15.9. The lowest BCUT2D eigenvalue weighted by atomic mass is 10.1. The smallest absolute Gasteiger partial charge is 0.277 e. The number of carbonyl (C=O) groups excluding carboxylic acids is 1. The van der Waals surface area contributed by atoms with Crippen LogP contribution in [0.5, 0.6) is 11.5 Å². The Morgan fingerprint density at radius 2 is 1.97 bits per heavy atom. The fourth-order valence-corrected chi connectivity index (χ4v) is 3.20. The molecule has 0 bridgehead atoms. The molecule has 0 saturated heterocycles. The Morgan fingerprint density at radius 1 is 1.16 bits per heavy atom. The highest BCUT2D eigenvalue weighted by molar-refractivity contribution is 6.35. The molecule has 0 aliphatic rings. The average Bonchev–Trinajstić information content (AvgIpc) is 3.19. The van der Waals surface area contributed by atoms with Gasteiger partial charge in [0.15, 0.2) is 11.5 Å². The fourth-order valence-electron chi connectivity index (χ4n) is 2.74. The van der Waals surface area contributed by atoms with Crippen molar-refractivity contribution in [2.24, 2.45) is 0 Å². The van der Waals surface area contributed by atoms with Crippen LogP contribution in [0.2, 0.25) is 10.0 Å². The van der Waals surface area contributed by atoms with E-state index in [9.17, 15) is 4.79 Å². The van der Waals surface area contributed by atoms with Crippen molar-refractivity contribution < 1.29 is 18.9 Å². The molecule has 0 saturated carbocycles. The molecule has 3 aromatic rings. The Kier molecular flexibility index (Phi) is 9.86. The molecule has 0 radical (unpaired) electrons. The van der Waals surface area contributed by atoms with E-state index in [1.54, 1.807) is 19.2 Å². The summed E-state index contributed by atoms with van der Waals surface area (Å²) in [7, 11) is 1.58. The maximum Gasteiger partial charge on any atom is 0.277 e. The van der Waals surface area contributed by atoms with Crippen LogP contribution in [0.3, 0.4) is 0 Å². The monoisotopic (exact) mass is 501 g/mol. The third-order valence-electron chi connectivity index (χ3n) is 4.30. The van der Waals surface area contributed by atoms with E-state index in [4.69, 9.17) is 38.4 Å². The van der Waals surface area contributed by atoms with Crippen LogP contribution in [0, 0.1) is 0 Å². The van der Waals surface area contributed by atoms with Crippen molar-refractivity contribution in [2.45, 2.75) is 13.2 Å². The van der Waals surface area contributed by atoms with Crippen molar-refractivity contribution in [3.05, 3.63) is 63.3 Å². The number of nitrogen functional groups attached to an aromatic ring is 1. The predicted octanol–water partition coefficient (Wildman–Crippen LogP) is 3.49. The first kappa shape index (κ1) is 25.5. The van der Waals surface area contributed by atoms with Gasteiger partial charge in [0, 0.05) is 40.8 Å². The van der Waals surface area contributed by atoms with Gasteiger partial charge in [-0.2, -0.15) is 0 Å². The number of para-hydroxylation sites is 1. The predicted molar refractivity (Wildman–Crippen MR) is 124 cm³/mol. The summed E-state index contributed by atoms with van der Waals surface area (Å²) in [4.78, 5) is 11.9. The molecule has 172 valence electrons. The standard InChI is InChI=1S/C20H21Cl2N5O4.ClH/c1-29-16-4-2-3-12(18(16)30-11-13-5-6-14(21)9-15(13)22)10-24-7-8-25-20(28)17-19(23)27-31-26-17;/h2-6,9,24H,7-8,10-11H2,1H3,(H2,23,27)(H,25,28);1H. The highest BCUT2D eigenvalue weighted by atomic mass is 35.5. The SMILES string of the molecule is COc1cccc(CNCCNC(=O)c2nonc2N)c1OCc1ccc(Cl)cc1Cl.Cl. The molecule has 0 unspecified atom stereocenters. The van der Waals surface area contributed by atoms with Crippen molar-refractivity contribution in [1.82, 2.24) is 20.9 Å². The van der Waals surface area contributed by atoms with E-state index in [0.29, 0.717) is 41.2 Å². The Bertz CT molecular complexity index is 1050. The number of hydrogen-bond acceptors (Lipinski definition) is 8. The lowest BCUT2D eigenvalue weighted by molar-refractivity contribution is 0.0944. The number of methoxy groups -OCH3 is 1. The van der Waals surface area contributed by atoms with Gasteiger partial charge in [-0.05, 0) is 28.5 Å². The number of hydrogen-bond donors (Lipinski definition) is 3. The second-order valence-corrected chi connectivity index (χ2v) is 7.25. The third-order valence-corrected chi connectivity index (χ3v) is 4.89. The van der Waals surface area contributed by atoms with Crippen molar-refractivity contribution in [3.8, 4) is 11.5 Å². The lowest BCUT2D eigenvalue weighted by Gasteiger charge is -2.16. The van der Waals surface area contributed by atoms with Crippen LogP contribution in [0.15, 0.2) is 41.0 Å². The number of amides is 1. The maximum atomic E-state index is 11.9. The summed E-state index contributed by atoms with van der Waals surface area (Å²) in [6.07, 6.45) is 0. The summed E-state index contributed by atoms with van der Waals surface area (Å²) in [5.41, 5.74) is 7.15. The van der Waals surface area contributed by atoms with Crippen molar-refractivity contribution in [2.75, 3.05) is 25.9 Å². The minimum atomic E-state index is -0.453. The van der Waals surface area contributed by atoms with Gasteiger partial charge in [-0.1, -0.05) is 41.4 Å². The topological polar surface area (TPSA) is 125 Å². The maximum absolute atomic E-state index is 11.9. The summed E-state index contributed by atoms with van der Waals surface area (Å²) in [5.74, 6) is 0.705. The number of ether oxygens (including phenoxy) is 2. The van der Waals surface area contributed by atoms with E-state index in [0.717, 1.165) is 11.1 Å². The molecule has 4 N–H and O–H groups in total. The third kappa shape index (κ3) is 6.64. The second-order valence-electron chi connectivity index (χ2n) is 6.40. The number of rotatable bonds is 10. The second kappa shape index (κ2) is 12.4. The normalized spacial score (nSPS) is 10.3. The molecular formula is C20H22Cl3N5O4. The summed E-state index contributed by atoms with van der Waals surface area (Å²) >= 11 is 12.2. The molecule has 1 amide bonds. The minimum Gasteiger partial charge on any atom is -0.493 e. The Morgan fingerprint density at radius 3 is 2.66 bits per heavy atom. The number of nitrogens with two attached hydrogens (primary N) is 1. The largest absolute Gasteiger partial charge is 0.493 e. The number of aromatic nitrogens is 2.